The Balaban J connectivity index is 1.98. The van der Waals surface area contributed by atoms with Gasteiger partial charge in [-0.15, -0.1) is 0 Å². The van der Waals surface area contributed by atoms with E-state index in [9.17, 15) is 0 Å². The lowest BCUT2D eigenvalue weighted by Crippen LogP contribution is -2.39. The zero-order valence-corrected chi connectivity index (χ0v) is 12.2. The molecule has 1 saturated heterocycles. The van der Waals surface area contributed by atoms with Crippen molar-refractivity contribution in [2.75, 3.05) is 26.2 Å². The van der Waals surface area contributed by atoms with E-state index in [-0.39, 0.29) is 0 Å². The van der Waals surface area contributed by atoms with Gasteiger partial charge in [0.05, 0.1) is 0 Å². The summed E-state index contributed by atoms with van der Waals surface area (Å²) in [5.41, 5.74) is 8.17. The summed E-state index contributed by atoms with van der Waals surface area (Å²) in [6, 6.07) is 6.76. The Morgan fingerprint density at radius 2 is 1.84 bits per heavy atom. The zero-order chi connectivity index (χ0) is 13.7. The molecule has 2 N–H and O–H groups in total. The third-order valence-electron chi connectivity index (χ3n) is 3.99. The summed E-state index contributed by atoms with van der Waals surface area (Å²) in [7, 11) is 0. The molecular formula is C16H26N2O. The van der Waals surface area contributed by atoms with Gasteiger partial charge in [-0.1, -0.05) is 18.2 Å². The first-order valence-corrected chi connectivity index (χ1v) is 7.35. The van der Waals surface area contributed by atoms with Crippen LogP contribution in [0.5, 0.6) is 5.75 Å². The van der Waals surface area contributed by atoms with Crippen LogP contribution in [0.1, 0.15) is 30.4 Å². The molecule has 19 heavy (non-hydrogen) atoms. The second-order valence-electron chi connectivity index (χ2n) is 5.51. The number of hydrogen-bond donors (Lipinski definition) is 1. The number of benzene rings is 1. The normalized spacial score (nSPS) is 17.6. The van der Waals surface area contributed by atoms with E-state index in [0.29, 0.717) is 6.04 Å². The third-order valence-corrected chi connectivity index (χ3v) is 3.99. The number of rotatable bonds is 6. The van der Waals surface area contributed by atoms with Gasteiger partial charge in [-0.3, -0.25) is 4.90 Å². The van der Waals surface area contributed by atoms with Crippen LogP contribution < -0.4 is 10.5 Å². The van der Waals surface area contributed by atoms with Crippen molar-refractivity contribution in [1.29, 1.82) is 0 Å². The van der Waals surface area contributed by atoms with Crippen LogP contribution in [0.3, 0.4) is 0 Å². The molecular weight excluding hydrogens is 236 g/mol. The summed E-state index contributed by atoms with van der Waals surface area (Å²) < 4.78 is 6.10. The average molecular weight is 262 g/mol. The van der Waals surface area contributed by atoms with Crippen LogP contribution in [0.2, 0.25) is 0 Å². The Kier molecular flexibility index (Phi) is 5.23. The van der Waals surface area contributed by atoms with Crippen molar-refractivity contribution in [1.82, 2.24) is 4.90 Å². The van der Waals surface area contributed by atoms with Crippen molar-refractivity contribution >= 4 is 0 Å². The largest absolute Gasteiger partial charge is 0.491 e. The smallest absolute Gasteiger partial charge is 0.125 e. The first-order chi connectivity index (χ1) is 9.22. The lowest BCUT2D eigenvalue weighted by molar-refractivity contribution is 0.153. The highest BCUT2D eigenvalue weighted by Crippen LogP contribution is 2.23. The third kappa shape index (κ3) is 3.71. The van der Waals surface area contributed by atoms with Crippen LogP contribution in [0.25, 0.3) is 0 Å². The first kappa shape index (κ1) is 14.4. The number of hydrogen-bond acceptors (Lipinski definition) is 3. The van der Waals surface area contributed by atoms with Crippen LogP contribution in [0, 0.1) is 13.8 Å². The van der Waals surface area contributed by atoms with E-state index >= 15 is 0 Å². The first-order valence-electron chi connectivity index (χ1n) is 7.35. The summed E-state index contributed by atoms with van der Waals surface area (Å²) in [4.78, 5) is 2.53. The average Bonchev–Trinajstić information content (AvgIpc) is 2.90. The molecule has 0 amide bonds. The topological polar surface area (TPSA) is 38.5 Å². The minimum absolute atomic E-state index is 0.464. The number of nitrogens with two attached hydrogens (primary N) is 1. The van der Waals surface area contributed by atoms with Crippen LogP contribution in [-0.4, -0.2) is 37.2 Å². The molecule has 0 saturated carbocycles. The number of aryl methyl sites for hydroxylation is 2. The van der Waals surface area contributed by atoms with Gasteiger partial charge in [0.25, 0.3) is 0 Å². The summed E-state index contributed by atoms with van der Waals surface area (Å²) in [6.07, 6.45) is 3.64. The number of para-hydroxylation sites is 1. The predicted octanol–water partition coefficient (Wildman–Crippen LogP) is 2.50. The van der Waals surface area contributed by atoms with Crippen molar-refractivity contribution in [3.05, 3.63) is 29.3 Å². The molecule has 1 aromatic carbocycles. The van der Waals surface area contributed by atoms with Crippen LogP contribution in [-0.2, 0) is 0 Å². The molecule has 3 heteroatoms. The summed E-state index contributed by atoms with van der Waals surface area (Å²) in [5, 5.41) is 0. The maximum atomic E-state index is 6.10. The van der Waals surface area contributed by atoms with Crippen LogP contribution in [0.4, 0.5) is 0 Å². The monoisotopic (exact) mass is 262 g/mol. The molecule has 0 spiro atoms. The lowest BCUT2D eigenvalue weighted by atomic mass is 10.1. The molecule has 0 radical (unpaired) electrons. The van der Waals surface area contributed by atoms with Crippen molar-refractivity contribution in [3.63, 3.8) is 0 Å². The second-order valence-corrected chi connectivity index (χ2v) is 5.51. The van der Waals surface area contributed by atoms with Gasteiger partial charge >= 0.3 is 0 Å². The predicted molar refractivity (Wildman–Crippen MR) is 79.7 cm³/mol. The van der Waals surface area contributed by atoms with E-state index in [0.717, 1.165) is 25.3 Å². The summed E-state index contributed by atoms with van der Waals surface area (Å²) in [6.45, 7) is 8.09. The molecule has 1 aromatic rings. The number of nitrogens with zero attached hydrogens (tertiary/aromatic N) is 1. The van der Waals surface area contributed by atoms with E-state index in [1.165, 1.54) is 37.1 Å². The molecule has 0 bridgehead atoms. The molecule has 106 valence electrons. The van der Waals surface area contributed by atoms with Gasteiger partial charge in [-0.2, -0.15) is 0 Å². The Morgan fingerprint density at radius 1 is 1.21 bits per heavy atom. The lowest BCUT2D eigenvalue weighted by Gasteiger charge is -2.27. The van der Waals surface area contributed by atoms with Crippen molar-refractivity contribution in [3.8, 4) is 5.75 Å². The Bertz CT molecular complexity index is 379. The minimum atomic E-state index is 0.464. The zero-order valence-electron chi connectivity index (χ0n) is 12.2. The standard InChI is InChI=1S/C16H26N2O/c1-13-6-5-7-14(2)16(13)19-12-15(8-9-17)18-10-3-4-11-18/h5-7,15H,3-4,8-12,17H2,1-2H3. The quantitative estimate of drug-likeness (QED) is 0.856. The highest BCUT2D eigenvalue weighted by Gasteiger charge is 2.22. The molecule has 0 aromatic heterocycles. The van der Waals surface area contributed by atoms with Gasteiger partial charge < -0.3 is 10.5 Å². The highest BCUT2D eigenvalue weighted by molar-refractivity contribution is 5.39. The van der Waals surface area contributed by atoms with Gasteiger partial charge in [0.2, 0.25) is 0 Å². The summed E-state index contributed by atoms with van der Waals surface area (Å²) >= 11 is 0. The van der Waals surface area contributed by atoms with E-state index in [4.69, 9.17) is 10.5 Å². The van der Waals surface area contributed by atoms with Crippen molar-refractivity contribution in [2.45, 2.75) is 39.2 Å². The van der Waals surface area contributed by atoms with E-state index in [2.05, 4.69) is 36.9 Å². The fourth-order valence-corrected chi connectivity index (χ4v) is 2.88. The molecule has 1 aliphatic heterocycles. The molecule has 1 fully saturated rings. The molecule has 2 rings (SSSR count). The molecule has 1 unspecified atom stereocenters. The molecule has 0 aliphatic carbocycles. The Labute approximate surface area is 116 Å². The molecule has 3 nitrogen and oxygen atoms in total. The van der Waals surface area contributed by atoms with Gasteiger partial charge in [-0.05, 0) is 63.9 Å². The molecule has 1 heterocycles. The van der Waals surface area contributed by atoms with Crippen molar-refractivity contribution in [2.24, 2.45) is 5.73 Å². The van der Waals surface area contributed by atoms with E-state index in [1.807, 2.05) is 0 Å². The maximum absolute atomic E-state index is 6.10. The van der Waals surface area contributed by atoms with Crippen LogP contribution >= 0.6 is 0 Å². The fraction of sp³-hybridized carbons (Fsp3) is 0.625. The highest BCUT2D eigenvalue weighted by atomic mass is 16.5. The van der Waals surface area contributed by atoms with Gasteiger partial charge in [-0.25, -0.2) is 0 Å². The van der Waals surface area contributed by atoms with E-state index in [1.54, 1.807) is 0 Å². The van der Waals surface area contributed by atoms with Gasteiger partial charge in [0.15, 0.2) is 0 Å². The summed E-state index contributed by atoms with van der Waals surface area (Å²) in [5.74, 6) is 1.05. The number of likely N-dealkylation sites (tertiary alicyclic amines) is 1. The minimum Gasteiger partial charge on any atom is -0.491 e. The van der Waals surface area contributed by atoms with Crippen molar-refractivity contribution < 1.29 is 4.74 Å². The second kappa shape index (κ2) is 6.92. The number of ether oxygens (including phenoxy) is 1. The Morgan fingerprint density at radius 3 is 2.42 bits per heavy atom. The SMILES string of the molecule is Cc1cccc(C)c1OCC(CCN)N1CCCC1. The van der Waals surface area contributed by atoms with E-state index < -0.39 is 0 Å². The fourth-order valence-electron chi connectivity index (χ4n) is 2.88. The van der Waals surface area contributed by atoms with Crippen LogP contribution in [0.15, 0.2) is 18.2 Å². The Hall–Kier alpha value is -1.06. The maximum Gasteiger partial charge on any atom is 0.125 e. The van der Waals surface area contributed by atoms with Gasteiger partial charge in [0, 0.05) is 6.04 Å². The molecule has 1 atom stereocenters. The van der Waals surface area contributed by atoms with Gasteiger partial charge in [0.1, 0.15) is 12.4 Å². The molecule has 1 aliphatic rings.